The summed E-state index contributed by atoms with van der Waals surface area (Å²) in [5.74, 6) is 0.171. The van der Waals surface area contributed by atoms with E-state index in [0.29, 0.717) is 27.9 Å². The van der Waals surface area contributed by atoms with E-state index in [1.165, 1.54) is 23.5 Å². The lowest BCUT2D eigenvalue weighted by Crippen LogP contribution is -2.25. The predicted molar refractivity (Wildman–Crippen MR) is 110 cm³/mol. The second-order valence-corrected chi connectivity index (χ2v) is 7.38. The van der Waals surface area contributed by atoms with Gasteiger partial charge in [0.2, 0.25) is 0 Å². The molecule has 29 heavy (non-hydrogen) atoms. The Hall–Kier alpha value is -3.26. The van der Waals surface area contributed by atoms with Crippen LogP contribution in [0.3, 0.4) is 0 Å². The fourth-order valence-corrected chi connectivity index (χ4v) is 4.25. The lowest BCUT2D eigenvalue weighted by atomic mass is 10.1. The van der Waals surface area contributed by atoms with Gasteiger partial charge in [0.05, 0.1) is 26.5 Å². The summed E-state index contributed by atoms with van der Waals surface area (Å²) < 4.78 is 23.8. The molecule has 0 radical (unpaired) electrons. The predicted octanol–water partition coefficient (Wildman–Crippen LogP) is 4.12. The van der Waals surface area contributed by atoms with Gasteiger partial charge >= 0.3 is 0 Å². The number of carbonyl (C=O) groups is 1. The average Bonchev–Trinajstić information content (AvgIpc) is 3.32. The molecule has 1 unspecified atom stereocenters. The molecule has 0 aliphatic carbocycles. The Morgan fingerprint density at radius 1 is 1.14 bits per heavy atom. The van der Waals surface area contributed by atoms with E-state index in [0.717, 1.165) is 5.56 Å². The molecule has 8 heteroatoms. The molecule has 1 atom stereocenters. The molecule has 1 saturated heterocycles. The Morgan fingerprint density at radius 2 is 1.86 bits per heavy atom. The summed E-state index contributed by atoms with van der Waals surface area (Å²) >= 11 is 1.34. The van der Waals surface area contributed by atoms with Crippen LogP contribution in [0.5, 0.6) is 11.5 Å². The molecule has 2 heterocycles. The Balaban J connectivity index is 1.62. The van der Waals surface area contributed by atoms with Gasteiger partial charge in [0.25, 0.3) is 0 Å². The molecule has 148 valence electrons. The summed E-state index contributed by atoms with van der Waals surface area (Å²) in [4.78, 5) is 18.8. The van der Waals surface area contributed by atoms with Gasteiger partial charge in [-0.2, -0.15) is 0 Å². The van der Waals surface area contributed by atoms with Crippen molar-refractivity contribution in [3.8, 4) is 22.8 Å². The minimum atomic E-state index is -0.723. The van der Waals surface area contributed by atoms with Crippen LogP contribution in [0, 0.1) is 11.2 Å². The first kappa shape index (κ1) is 19.1. The molecule has 1 N–H and O–H groups in total. The van der Waals surface area contributed by atoms with Crippen LogP contribution in [0.4, 0.5) is 10.1 Å². The van der Waals surface area contributed by atoms with E-state index in [4.69, 9.17) is 14.9 Å². The second-order valence-electron chi connectivity index (χ2n) is 6.49. The number of aromatic nitrogens is 1. The van der Waals surface area contributed by atoms with Gasteiger partial charge in [0, 0.05) is 16.6 Å². The van der Waals surface area contributed by atoms with Crippen molar-refractivity contribution in [2.24, 2.45) is 0 Å². The van der Waals surface area contributed by atoms with E-state index in [9.17, 15) is 9.18 Å². The van der Waals surface area contributed by atoms with Gasteiger partial charge in [-0.15, -0.1) is 11.3 Å². The maximum atomic E-state index is 13.2. The highest BCUT2D eigenvalue weighted by molar-refractivity contribution is 7.10. The Kier molecular flexibility index (Phi) is 5.02. The minimum Gasteiger partial charge on any atom is -0.493 e. The third-order valence-corrected chi connectivity index (χ3v) is 5.70. The normalized spacial score (nSPS) is 16.4. The topological polar surface area (TPSA) is 75.5 Å². The van der Waals surface area contributed by atoms with E-state index in [1.807, 2.05) is 17.5 Å². The number of halogens is 1. The first-order chi connectivity index (χ1) is 14.0. The fourth-order valence-electron chi connectivity index (χ4n) is 3.30. The van der Waals surface area contributed by atoms with Gasteiger partial charge in [0.1, 0.15) is 22.6 Å². The van der Waals surface area contributed by atoms with Crippen LogP contribution in [0.15, 0.2) is 47.8 Å². The number of ketones is 1. The summed E-state index contributed by atoms with van der Waals surface area (Å²) in [5, 5.41) is 10.9. The SMILES string of the molecule is COc1ccc(-c2csc(C3C(=N)N(c4ccc(F)cc4)CC3=O)n2)cc1OC. The van der Waals surface area contributed by atoms with Crippen molar-refractivity contribution >= 4 is 28.6 Å². The van der Waals surface area contributed by atoms with Gasteiger partial charge in [-0.25, -0.2) is 9.37 Å². The summed E-state index contributed by atoms with van der Waals surface area (Å²) in [6.45, 7) is 0.0698. The summed E-state index contributed by atoms with van der Waals surface area (Å²) in [7, 11) is 3.14. The van der Waals surface area contributed by atoms with Gasteiger partial charge in [-0.3, -0.25) is 10.2 Å². The summed E-state index contributed by atoms with van der Waals surface area (Å²) in [6, 6.07) is 11.3. The number of Topliss-reactive ketones (excluding diaryl/α,β-unsaturated/α-hetero) is 1. The molecular formula is C21H18FN3O3S. The number of benzene rings is 2. The van der Waals surface area contributed by atoms with Crippen molar-refractivity contribution in [2.45, 2.75) is 5.92 Å². The number of hydrogen-bond donors (Lipinski definition) is 1. The lowest BCUT2D eigenvalue weighted by Gasteiger charge is -2.17. The smallest absolute Gasteiger partial charge is 0.170 e. The second kappa shape index (κ2) is 7.63. The molecule has 0 saturated carbocycles. The highest BCUT2D eigenvalue weighted by Crippen LogP contribution is 2.36. The quantitative estimate of drug-likeness (QED) is 0.684. The van der Waals surface area contributed by atoms with Crippen LogP contribution in [0.1, 0.15) is 10.9 Å². The van der Waals surface area contributed by atoms with E-state index in [1.54, 1.807) is 37.3 Å². The molecule has 1 aliphatic rings. The number of hydrogen-bond acceptors (Lipinski definition) is 6. The van der Waals surface area contributed by atoms with Crippen LogP contribution in [-0.4, -0.2) is 37.4 Å². The van der Waals surface area contributed by atoms with Gasteiger partial charge in [0.15, 0.2) is 17.3 Å². The molecular weight excluding hydrogens is 393 g/mol. The van der Waals surface area contributed by atoms with Crippen LogP contribution in [-0.2, 0) is 4.79 Å². The lowest BCUT2D eigenvalue weighted by molar-refractivity contribution is -0.116. The largest absolute Gasteiger partial charge is 0.493 e. The van der Waals surface area contributed by atoms with E-state index in [2.05, 4.69) is 4.98 Å². The number of amidine groups is 1. The molecule has 0 amide bonds. The number of anilines is 1. The number of nitrogens with one attached hydrogen (secondary N) is 1. The van der Waals surface area contributed by atoms with Crippen molar-refractivity contribution < 1.29 is 18.7 Å². The van der Waals surface area contributed by atoms with Crippen molar-refractivity contribution in [1.29, 1.82) is 5.41 Å². The third kappa shape index (κ3) is 3.47. The maximum absolute atomic E-state index is 13.2. The average molecular weight is 411 g/mol. The Bertz CT molecular complexity index is 1080. The van der Waals surface area contributed by atoms with Crippen molar-refractivity contribution in [1.82, 2.24) is 4.98 Å². The monoisotopic (exact) mass is 411 g/mol. The standard InChI is InChI=1S/C21H18FN3O3S/c1-27-17-8-3-12(9-18(17)28-2)15-11-29-21(24-15)19-16(26)10-25(20(19)23)14-6-4-13(22)5-7-14/h3-9,11,19,23H,10H2,1-2H3. The number of ether oxygens (including phenoxy) is 2. The maximum Gasteiger partial charge on any atom is 0.170 e. The van der Waals surface area contributed by atoms with E-state index >= 15 is 0 Å². The van der Waals surface area contributed by atoms with Crippen LogP contribution in [0.25, 0.3) is 11.3 Å². The minimum absolute atomic E-state index is 0.0698. The zero-order valence-corrected chi connectivity index (χ0v) is 16.6. The molecule has 2 aromatic carbocycles. The van der Waals surface area contributed by atoms with Gasteiger partial charge in [-0.05, 0) is 42.5 Å². The van der Waals surface area contributed by atoms with Crippen molar-refractivity contribution in [3.63, 3.8) is 0 Å². The molecule has 1 aromatic heterocycles. The number of nitrogens with zero attached hydrogens (tertiary/aromatic N) is 2. The summed E-state index contributed by atoms with van der Waals surface area (Å²) in [5.41, 5.74) is 2.15. The molecule has 0 spiro atoms. The van der Waals surface area contributed by atoms with Crippen LogP contribution >= 0.6 is 11.3 Å². The Labute approximate surface area is 171 Å². The fraction of sp³-hybridized carbons (Fsp3) is 0.190. The van der Waals surface area contributed by atoms with Gasteiger partial charge in [-0.1, -0.05) is 0 Å². The van der Waals surface area contributed by atoms with Gasteiger partial charge < -0.3 is 14.4 Å². The third-order valence-electron chi connectivity index (χ3n) is 4.79. The zero-order valence-electron chi connectivity index (χ0n) is 15.8. The molecule has 0 bridgehead atoms. The first-order valence-corrected chi connectivity index (χ1v) is 9.72. The Morgan fingerprint density at radius 3 is 2.55 bits per heavy atom. The molecule has 1 aliphatic heterocycles. The molecule has 6 nitrogen and oxygen atoms in total. The van der Waals surface area contributed by atoms with Crippen molar-refractivity contribution in [3.05, 3.63) is 58.7 Å². The highest BCUT2D eigenvalue weighted by Gasteiger charge is 2.39. The van der Waals surface area contributed by atoms with Crippen LogP contribution in [0.2, 0.25) is 0 Å². The van der Waals surface area contributed by atoms with Crippen LogP contribution < -0.4 is 14.4 Å². The number of thiazole rings is 1. The van der Waals surface area contributed by atoms with Crippen molar-refractivity contribution in [2.75, 3.05) is 25.7 Å². The molecule has 3 aromatic rings. The van der Waals surface area contributed by atoms with E-state index in [-0.39, 0.29) is 24.0 Å². The number of carbonyl (C=O) groups excluding carboxylic acids is 1. The number of rotatable bonds is 5. The molecule has 1 fully saturated rings. The number of methoxy groups -OCH3 is 2. The molecule has 4 rings (SSSR count). The first-order valence-electron chi connectivity index (χ1n) is 8.84. The summed E-state index contributed by atoms with van der Waals surface area (Å²) in [6.07, 6.45) is 0. The zero-order chi connectivity index (χ0) is 20.5. The van der Waals surface area contributed by atoms with E-state index < -0.39 is 5.92 Å². The highest BCUT2D eigenvalue weighted by atomic mass is 32.1.